The third-order valence-corrected chi connectivity index (χ3v) is 3.48. The van der Waals surface area contributed by atoms with Crippen LogP contribution in [0.5, 0.6) is 0 Å². The number of carbonyl (C=O) groups is 1. The van der Waals surface area contributed by atoms with E-state index >= 15 is 0 Å². The van der Waals surface area contributed by atoms with E-state index in [-0.39, 0.29) is 24.1 Å². The van der Waals surface area contributed by atoms with E-state index in [1.165, 1.54) is 10.6 Å². The zero-order valence-corrected chi connectivity index (χ0v) is 11.7. The number of carbonyl (C=O) groups excluding carboxylic acids is 1. The highest BCUT2D eigenvalue weighted by Gasteiger charge is 2.17. The summed E-state index contributed by atoms with van der Waals surface area (Å²) in [5.74, 6) is -0.140. The highest BCUT2D eigenvalue weighted by molar-refractivity contribution is 5.75. The van der Waals surface area contributed by atoms with E-state index in [9.17, 15) is 9.59 Å². The first-order valence-electron chi connectivity index (χ1n) is 6.91. The molecule has 1 aliphatic heterocycles. The first kappa shape index (κ1) is 14.7. The smallest absolute Gasteiger partial charge is 0.250 e. The number of nitrogens with zero attached hydrogens (tertiary/aromatic N) is 2. The van der Waals surface area contributed by atoms with Crippen LogP contribution in [0, 0.1) is 0 Å². The number of rotatable bonds is 5. The molecular formula is C14H21N3O3. The predicted molar refractivity (Wildman–Crippen MR) is 75.6 cm³/mol. The Morgan fingerprint density at radius 1 is 1.40 bits per heavy atom. The number of aromatic nitrogens is 1. The summed E-state index contributed by atoms with van der Waals surface area (Å²) in [6.45, 7) is 6.02. The first-order chi connectivity index (χ1) is 9.66. The van der Waals surface area contributed by atoms with Crippen molar-refractivity contribution in [1.82, 2.24) is 14.8 Å². The Balaban J connectivity index is 1.77. The van der Waals surface area contributed by atoms with Gasteiger partial charge in [0.25, 0.3) is 5.56 Å². The van der Waals surface area contributed by atoms with Gasteiger partial charge in [-0.2, -0.15) is 0 Å². The Morgan fingerprint density at radius 3 is 2.85 bits per heavy atom. The van der Waals surface area contributed by atoms with Crippen molar-refractivity contribution in [3.05, 3.63) is 34.7 Å². The number of amides is 1. The monoisotopic (exact) mass is 279 g/mol. The fourth-order valence-corrected chi connectivity index (χ4v) is 2.21. The number of morpholine rings is 1. The van der Waals surface area contributed by atoms with Gasteiger partial charge in [-0.1, -0.05) is 6.07 Å². The lowest BCUT2D eigenvalue weighted by Gasteiger charge is -2.32. The maximum absolute atomic E-state index is 11.8. The average Bonchev–Trinajstić information content (AvgIpc) is 2.48. The molecule has 1 saturated heterocycles. The molecule has 2 heterocycles. The van der Waals surface area contributed by atoms with Crippen LogP contribution >= 0.6 is 0 Å². The van der Waals surface area contributed by atoms with Gasteiger partial charge in [-0.15, -0.1) is 0 Å². The topological polar surface area (TPSA) is 63.6 Å². The van der Waals surface area contributed by atoms with Crippen LogP contribution < -0.4 is 10.9 Å². The molecule has 0 aliphatic carbocycles. The average molecular weight is 279 g/mol. The number of hydrogen-bond donors (Lipinski definition) is 1. The van der Waals surface area contributed by atoms with Crippen LogP contribution in [0.1, 0.15) is 6.92 Å². The molecule has 1 amide bonds. The van der Waals surface area contributed by atoms with Gasteiger partial charge in [0.05, 0.1) is 13.2 Å². The van der Waals surface area contributed by atoms with Crippen molar-refractivity contribution in [1.29, 1.82) is 0 Å². The largest absolute Gasteiger partial charge is 0.379 e. The maximum atomic E-state index is 11.8. The van der Waals surface area contributed by atoms with Gasteiger partial charge in [0.2, 0.25) is 5.91 Å². The van der Waals surface area contributed by atoms with E-state index < -0.39 is 0 Å². The number of ether oxygens (including phenoxy) is 1. The summed E-state index contributed by atoms with van der Waals surface area (Å²) in [7, 11) is 0. The molecule has 6 heteroatoms. The molecule has 0 spiro atoms. The lowest BCUT2D eigenvalue weighted by molar-refractivity contribution is -0.122. The molecule has 1 N–H and O–H groups in total. The van der Waals surface area contributed by atoms with Crippen LogP contribution in [0.15, 0.2) is 29.2 Å². The summed E-state index contributed by atoms with van der Waals surface area (Å²) >= 11 is 0. The van der Waals surface area contributed by atoms with Crippen LogP contribution in [0.25, 0.3) is 0 Å². The zero-order chi connectivity index (χ0) is 14.4. The van der Waals surface area contributed by atoms with Gasteiger partial charge in [0.15, 0.2) is 0 Å². The highest BCUT2D eigenvalue weighted by Crippen LogP contribution is 2.02. The van der Waals surface area contributed by atoms with Gasteiger partial charge < -0.3 is 14.6 Å². The molecule has 0 aromatic carbocycles. The number of hydrogen-bond acceptors (Lipinski definition) is 4. The van der Waals surface area contributed by atoms with Crippen molar-refractivity contribution in [3.8, 4) is 0 Å². The fraction of sp³-hybridized carbons (Fsp3) is 0.571. The lowest BCUT2D eigenvalue weighted by atomic mass is 10.2. The van der Waals surface area contributed by atoms with Gasteiger partial charge in [0.1, 0.15) is 6.54 Å². The highest BCUT2D eigenvalue weighted by atomic mass is 16.5. The summed E-state index contributed by atoms with van der Waals surface area (Å²) in [5.41, 5.74) is -0.163. The minimum atomic E-state index is -0.163. The standard InChI is InChI=1S/C14H21N3O3/c1-12(16-6-8-20-9-7-16)10-15-13(18)11-17-5-3-2-4-14(17)19/h2-5,12H,6-11H2,1H3,(H,15,18). The third kappa shape index (κ3) is 4.18. The molecule has 1 unspecified atom stereocenters. The van der Waals surface area contributed by atoms with Crippen LogP contribution in [0.3, 0.4) is 0 Å². The number of nitrogens with one attached hydrogen (secondary N) is 1. The van der Waals surface area contributed by atoms with E-state index in [0.717, 1.165) is 26.3 Å². The molecule has 1 atom stereocenters. The second kappa shape index (κ2) is 7.21. The van der Waals surface area contributed by atoms with E-state index in [2.05, 4.69) is 17.1 Å². The number of pyridine rings is 1. The second-order valence-electron chi connectivity index (χ2n) is 4.97. The minimum absolute atomic E-state index is 0.0650. The summed E-state index contributed by atoms with van der Waals surface area (Å²) in [4.78, 5) is 25.6. The molecule has 6 nitrogen and oxygen atoms in total. The van der Waals surface area contributed by atoms with Crippen LogP contribution in [-0.2, 0) is 16.1 Å². The van der Waals surface area contributed by atoms with Crippen LogP contribution in [0.2, 0.25) is 0 Å². The fourth-order valence-electron chi connectivity index (χ4n) is 2.21. The van der Waals surface area contributed by atoms with Gasteiger partial charge >= 0.3 is 0 Å². The molecule has 0 bridgehead atoms. The molecule has 110 valence electrons. The van der Waals surface area contributed by atoms with Crippen molar-refractivity contribution in [2.75, 3.05) is 32.8 Å². The van der Waals surface area contributed by atoms with E-state index in [4.69, 9.17) is 4.74 Å². The van der Waals surface area contributed by atoms with Gasteiger partial charge in [-0.3, -0.25) is 14.5 Å². The minimum Gasteiger partial charge on any atom is -0.379 e. The van der Waals surface area contributed by atoms with E-state index in [0.29, 0.717) is 6.54 Å². The Kier molecular flexibility index (Phi) is 5.31. The Labute approximate surface area is 118 Å². The van der Waals surface area contributed by atoms with Gasteiger partial charge in [-0.25, -0.2) is 0 Å². The zero-order valence-electron chi connectivity index (χ0n) is 11.7. The van der Waals surface area contributed by atoms with Crippen molar-refractivity contribution in [2.24, 2.45) is 0 Å². The van der Waals surface area contributed by atoms with Crippen LogP contribution in [-0.4, -0.2) is 54.3 Å². The predicted octanol–water partition coefficient (Wildman–Crippen LogP) is -0.315. The van der Waals surface area contributed by atoms with E-state index in [1.807, 2.05) is 0 Å². The maximum Gasteiger partial charge on any atom is 0.250 e. The van der Waals surface area contributed by atoms with Crippen LogP contribution in [0.4, 0.5) is 0 Å². The van der Waals surface area contributed by atoms with Crippen molar-refractivity contribution in [2.45, 2.75) is 19.5 Å². The Hall–Kier alpha value is -1.66. The normalized spacial score (nSPS) is 17.6. The molecule has 1 fully saturated rings. The molecule has 0 saturated carbocycles. The van der Waals surface area contributed by atoms with Crippen molar-refractivity contribution in [3.63, 3.8) is 0 Å². The molecule has 1 aliphatic rings. The summed E-state index contributed by atoms with van der Waals surface area (Å²) in [6.07, 6.45) is 1.62. The molecule has 2 rings (SSSR count). The molecular weight excluding hydrogens is 258 g/mol. The molecule has 1 aromatic rings. The Morgan fingerprint density at radius 2 is 2.15 bits per heavy atom. The van der Waals surface area contributed by atoms with Gasteiger partial charge in [0, 0.05) is 37.9 Å². The molecule has 0 radical (unpaired) electrons. The summed E-state index contributed by atoms with van der Waals surface area (Å²) < 4.78 is 6.70. The van der Waals surface area contributed by atoms with Crippen molar-refractivity contribution >= 4 is 5.91 Å². The quantitative estimate of drug-likeness (QED) is 0.803. The molecule has 20 heavy (non-hydrogen) atoms. The van der Waals surface area contributed by atoms with Gasteiger partial charge in [-0.05, 0) is 13.0 Å². The second-order valence-corrected chi connectivity index (χ2v) is 4.97. The Bertz CT molecular complexity index is 494. The lowest BCUT2D eigenvalue weighted by Crippen LogP contribution is -2.47. The SMILES string of the molecule is CC(CNC(=O)Cn1ccccc1=O)N1CCOCC1. The third-order valence-electron chi connectivity index (χ3n) is 3.48. The van der Waals surface area contributed by atoms with Crippen molar-refractivity contribution < 1.29 is 9.53 Å². The molecule has 1 aromatic heterocycles. The first-order valence-corrected chi connectivity index (χ1v) is 6.91. The summed E-state index contributed by atoms with van der Waals surface area (Å²) in [5, 5.41) is 2.87. The van der Waals surface area contributed by atoms with E-state index in [1.54, 1.807) is 18.3 Å². The summed E-state index contributed by atoms with van der Waals surface area (Å²) in [6, 6.07) is 5.13.